The summed E-state index contributed by atoms with van der Waals surface area (Å²) in [6, 6.07) is 16.0. The van der Waals surface area contributed by atoms with Crippen LogP contribution in [0.15, 0.2) is 64.4 Å². The molecule has 1 unspecified atom stereocenters. The van der Waals surface area contributed by atoms with Crippen LogP contribution in [0.4, 0.5) is 18.9 Å². The molecule has 10 heteroatoms. The second kappa shape index (κ2) is 9.20. The van der Waals surface area contributed by atoms with Crippen LogP contribution in [0.5, 0.6) is 5.75 Å². The van der Waals surface area contributed by atoms with E-state index in [9.17, 15) is 22.8 Å². The number of para-hydroxylation sites is 1. The first kappa shape index (κ1) is 23.3. The zero-order valence-corrected chi connectivity index (χ0v) is 18.6. The normalized spacial score (nSPS) is 16.4. The highest BCUT2D eigenvalue weighted by Gasteiger charge is 2.45. The first-order chi connectivity index (χ1) is 16.2. The Kier molecular flexibility index (Phi) is 6.32. The zero-order chi connectivity index (χ0) is 24.5. The molecule has 1 aliphatic rings. The van der Waals surface area contributed by atoms with Crippen molar-refractivity contribution in [2.24, 2.45) is 12.0 Å². The number of hydrogen-bond donors (Lipinski definition) is 0. The molecule has 0 saturated carbocycles. The standard InChI is InChI=1S/C24H23F3N4O3/c1-29-21(17-12-13-30(15-17)23(33)24(25,26)27)20(22(32)31(29)18-6-4-3-5-7-18)28-14-16-8-10-19(34-2)11-9-16/h3-11,14,17H,12-13,15H2,1-2H3/b28-14+. The Morgan fingerprint density at radius 1 is 1.12 bits per heavy atom. The van der Waals surface area contributed by atoms with E-state index in [1.54, 1.807) is 67.4 Å². The molecule has 4 rings (SSSR count). The van der Waals surface area contributed by atoms with Crippen LogP contribution < -0.4 is 10.3 Å². The van der Waals surface area contributed by atoms with Gasteiger partial charge in [-0.3, -0.25) is 14.3 Å². The van der Waals surface area contributed by atoms with Crippen LogP contribution in [0.1, 0.15) is 23.6 Å². The van der Waals surface area contributed by atoms with Crippen molar-refractivity contribution >= 4 is 17.8 Å². The molecule has 3 aromatic rings. The first-order valence-electron chi connectivity index (χ1n) is 10.6. The summed E-state index contributed by atoms with van der Waals surface area (Å²) in [5.41, 5.74) is 1.54. The molecular formula is C24H23F3N4O3. The summed E-state index contributed by atoms with van der Waals surface area (Å²) in [5.74, 6) is -1.67. The van der Waals surface area contributed by atoms with Crippen molar-refractivity contribution in [2.75, 3.05) is 20.2 Å². The van der Waals surface area contributed by atoms with E-state index in [4.69, 9.17) is 4.74 Å². The van der Waals surface area contributed by atoms with Gasteiger partial charge in [0.1, 0.15) is 5.75 Å². The molecule has 2 heterocycles. The topological polar surface area (TPSA) is 68.8 Å². The van der Waals surface area contributed by atoms with E-state index in [1.165, 1.54) is 10.9 Å². The Morgan fingerprint density at radius 3 is 2.41 bits per heavy atom. The predicted octanol–water partition coefficient (Wildman–Crippen LogP) is 3.81. The molecule has 1 aliphatic heterocycles. The number of likely N-dealkylation sites (tertiary alicyclic amines) is 1. The number of nitrogens with zero attached hydrogens (tertiary/aromatic N) is 4. The van der Waals surface area contributed by atoms with Gasteiger partial charge in [0.05, 0.1) is 18.5 Å². The lowest BCUT2D eigenvalue weighted by atomic mass is 10.0. The molecule has 1 amide bonds. The van der Waals surface area contributed by atoms with Crippen LogP contribution in [-0.2, 0) is 11.8 Å². The number of amides is 1. The van der Waals surface area contributed by atoms with Crippen LogP contribution >= 0.6 is 0 Å². The molecule has 34 heavy (non-hydrogen) atoms. The highest BCUT2D eigenvalue weighted by Crippen LogP contribution is 2.34. The Labute approximate surface area is 193 Å². The Morgan fingerprint density at radius 2 is 1.79 bits per heavy atom. The highest BCUT2D eigenvalue weighted by molar-refractivity contribution is 5.83. The van der Waals surface area contributed by atoms with Gasteiger partial charge in [-0.05, 0) is 48.4 Å². The van der Waals surface area contributed by atoms with Gasteiger partial charge in [0, 0.05) is 32.3 Å². The van der Waals surface area contributed by atoms with Crippen molar-refractivity contribution in [2.45, 2.75) is 18.5 Å². The van der Waals surface area contributed by atoms with Gasteiger partial charge in [0.2, 0.25) is 0 Å². The minimum atomic E-state index is -4.94. The largest absolute Gasteiger partial charge is 0.497 e. The number of benzene rings is 2. The number of carbonyl (C=O) groups excluding carboxylic acids is 1. The number of rotatable bonds is 5. The lowest BCUT2D eigenvalue weighted by Gasteiger charge is -2.18. The van der Waals surface area contributed by atoms with Gasteiger partial charge in [-0.15, -0.1) is 0 Å². The lowest BCUT2D eigenvalue weighted by Crippen LogP contribution is -2.39. The van der Waals surface area contributed by atoms with E-state index in [2.05, 4.69) is 4.99 Å². The summed E-state index contributed by atoms with van der Waals surface area (Å²) in [5, 5.41) is 0. The van der Waals surface area contributed by atoms with E-state index < -0.39 is 23.6 Å². The lowest BCUT2D eigenvalue weighted by molar-refractivity contribution is -0.184. The average molecular weight is 472 g/mol. The monoisotopic (exact) mass is 472 g/mol. The average Bonchev–Trinajstić information content (AvgIpc) is 3.39. The molecule has 1 saturated heterocycles. The van der Waals surface area contributed by atoms with Gasteiger partial charge < -0.3 is 9.64 Å². The first-order valence-corrected chi connectivity index (χ1v) is 10.6. The number of ether oxygens (including phenoxy) is 1. The van der Waals surface area contributed by atoms with E-state index in [1.807, 2.05) is 6.07 Å². The van der Waals surface area contributed by atoms with Gasteiger partial charge in [-0.25, -0.2) is 9.67 Å². The van der Waals surface area contributed by atoms with Crippen molar-refractivity contribution in [1.82, 2.24) is 14.3 Å². The minimum Gasteiger partial charge on any atom is -0.497 e. The third-order valence-corrected chi connectivity index (χ3v) is 5.85. The minimum absolute atomic E-state index is 0.0463. The van der Waals surface area contributed by atoms with Gasteiger partial charge in [0.15, 0.2) is 5.69 Å². The van der Waals surface area contributed by atoms with E-state index in [0.717, 1.165) is 10.5 Å². The summed E-state index contributed by atoms with van der Waals surface area (Å²) in [7, 11) is 3.23. The molecule has 1 aromatic heterocycles. The number of methoxy groups -OCH3 is 1. The van der Waals surface area contributed by atoms with Gasteiger partial charge >= 0.3 is 12.1 Å². The number of alkyl halides is 3. The molecule has 0 N–H and O–H groups in total. The van der Waals surface area contributed by atoms with Gasteiger partial charge in [-0.2, -0.15) is 13.2 Å². The molecular weight excluding hydrogens is 449 g/mol. The van der Waals surface area contributed by atoms with Gasteiger partial charge in [0.25, 0.3) is 5.56 Å². The Bertz CT molecular complexity index is 1260. The molecule has 1 atom stereocenters. The molecule has 0 radical (unpaired) electrons. The number of carbonyl (C=O) groups is 1. The maximum Gasteiger partial charge on any atom is 0.471 e. The van der Waals surface area contributed by atoms with Crippen molar-refractivity contribution in [1.29, 1.82) is 0 Å². The molecule has 7 nitrogen and oxygen atoms in total. The van der Waals surface area contributed by atoms with Crippen molar-refractivity contribution in [3.63, 3.8) is 0 Å². The number of halogens is 3. The number of hydrogen-bond acceptors (Lipinski definition) is 4. The fourth-order valence-corrected chi connectivity index (χ4v) is 4.22. The summed E-state index contributed by atoms with van der Waals surface area (Å²) < 4.78 is 47.1. The van der Waals surface area contributed by atoms with Crippen molar-refractivity contribution in [3.05, 3.63) is 76.2 Å². The van der Waals surface area contributed by atoms with Crippen LogP contribution in [0.2, 0.25) is 0 Å². The van der Waals surface area contributed by atoms with Crippen molar-refractivity contribution in [3.8, 4) is 11.4 Å². The molecule has 1 fully saturated rings. The Hall–Kier alpha value is -3.82. The maximum absolute atomic E-state index is 13.4. The third-order valence-electron chi connectivity index (χ3n) is 5.85. The van der Waals surface area contributed by atoms with Crippen LogP contribution in [0.3, 0.4) is 0 Å². The van der Waals surface area contributed by atoms with Crippen LogP contribution in [0.25, 0.3) is 5.69 Å². The Balaban J connectivity index is 1.76. The van der Waals surface area contributed by atoms with Crippen LogP contribution in [0, 0.1) is 0 Å². The fourth-order valence-electron chi connectivity index (χ4n) is 4.22. The van der Waals surface area contributed by atoms with Crippen molar-refractivity contribution < 1.29 is 22.7 Å². The summed E-state index contributed by atoms with van der Waals surface area (Å²) in [6.45, 7) is -0.190. The zero-order valence-electron chi connectivity index (χ0n) is 18.6. The van der Waals surface area contributed by atoms with Crippen LogP contribution in [-0.4, -0.2) is 52.8 Å². The SMILES string of the molecule is COc1ccc(/C=N/c2c(C3CCN(C(=O)C(F)(F)F)C3)n(C)n(-c3ccccc3)c2=O)cc1. The molecule has 178 valence electrons. The molecule has 0 spiro atoms. The number of aromatic nitrogens is 2. The third kappa shape index (κ3) is 4.48. The summed E-state index contributed by atoms with van der Waals surface area (Å²) >= 11 is 0. The maximum atomic E-state index is 13.4. The van der Waals surface area contributed by atoms with E-state index in [0.29, 0.717) is 23.6 Å². The molecule has 2 aromatic carbocycles. The van der Waals surface area contributed by atoms with E-state index >= 15 is 0 Å². The fraction of sp³-hybridized carbons (Fsp3) is 0.292. The van der Waals surface area contributed by atoms with Gasteiger partial charge in [-0.1, -0.05) is 18.2 Å². The quantitative estimate of drug-likeness (QED) is 0.531. The van der Waals surface area contributed by atoms with E-state index in [-0.39, 0.29) is 18.8 Å². The number of aliphatic imine (C=N–C) groups is 1. The summed E-state index contributed by atoms with van der Waals surface area (Å²) in [6.07, 6.45) is -3.12. The second-order valence-corrected chi connectivity index (χ2v) is 7.98. The second-order valence-electron chi connectivity index (χ2n) is 7.98. The molecule has 0 bridgehead atoms. The predicted molar refractivity (Wildman–Crippen MR) is 121 cm³/mol. The summed E-state index contributed by atoms with van der Waals surface area (Å²) in [4.78, 5) is 30.4. The molecule has 0 aliphatic carbocycles. The smallest absolute Gasteiger partial charge is 0.471 e. The highest BCUT2D eigenvalue weighted by atomic mass is 19.4.